The molecule has 0 unspecified atom stereocenters. The van der Waals surface area contributed by atoms with Crippen LogP contribution in [0.15, 0.2) is 57.7 Å². The highest BCUT2D eigenvalue weighted by Crippen LogP contribution is 2.20. The smallest absolute Gasteiger partial charge is 0.339 e. The molecular weight excluding hydrogens is 334 g/mol. The average Bonchev–Trinajstić information content (AvgIpc) is 2.67. The van der Waals surface area contributed by atoms with Gasteiger partial charge in [0.1, 0.15) is 17.1 Å². The van der Waals surface area contributed by atoms with Crippen LogP contribution >= 0.6 is 0 Å². The molecular formula is C20H19NO5. The maximum Gasteiger partial charge on any atom is 0.339 e. The molecule has 3 aromatic rings. The van der Waals surface area contributed by atoms with Gasteiger partial charge in [0.2, 0.25) is 5.91 Å². The Morgan fingerprint density at radius 3 is 2.38 bits per heavy atom. The predicted octanol–water partition coefficient (Wildman–Crippen LogP) is 2.67. The van der Waals surface area contributed by atoms with Gasteiger partial charge >= 0.3 is 5.63 Å². The van der Waals surface area contributed by atoms with Crippen molar-refractivity contribution < 1.29 is 18.7 Å². The van der Waals surface area contributed by atoms with E-state index >= 15 is 0 Å². The number of hydrogen-bond donors (Lipinski definition) is 1. The lowest BCUT2D eigenvalue weighted by Gasteiger charge is -2.07. The van der Waals surface area contributed by atoms with Crippen LogP contribution in [0.3, 0.4) is 0 Å². The van der Waals surface area contributed by atoms with Gasteiger partial charge in [0.05, 0.1) is 20.6 Å². The van der Waals surface area contributed by atoms with Crippen LogP contribution in [-0.2, 0) is 17.8 Å². The Morgan fingerprint density at radius 2 is 1.69 bits per heavy atom. The Bertz CT molecular complexity index is 976. The van der Waals surface area contributed by atoms with Crippen molar-refractivity contribution in [1.29, 1.82) is 0 Å². The molecule has 0 fully saturated rings. The lowest BCUT2D eigenvalue weighted by Crippen LogP contribution is -2.26. The monoisotopic (exact) mass is 353 g/mol. The van der Waals surface area contributed by atoms with Gasteiger partial charge in [-0.25, -0.2) is 4.79 Å². The number of hydrogen-bond acceptors (Lipinski definition) is 5. The average molecular weight is 353 g/mol. The van der Waals surface area contributed by atoms with E-state index in [0.29, 0.717) is 23.4 Å². The number of amides is 1. The summed E-state index contributed by atoms with van der Waals surface area (Å²) in [5.74, 6) is 1.11. The van der Waals surface area contributed by atoms with Crippen LogP contribution in [0.1, 0.15) is 11.1 Å². The Kier molecular flexibility index (Phi) is 5.22. The minimum Gasteiger partial charge on any atom is -0.497 e. The first kappa shape index (κ1) is 17.5. The molecule has 0 bridgehead atoms. The second kappa shape index (κ2) is 7.74. The number of benzene rings is 2. The summed E-state index contributed by atoms with van der Waals surface area (Å²) in [4.78, 5) is 24.3. The van der Waals surface area contributed by atoms with Crippen molar-refractivity contribution in [3.63, 3.8) is 0 Å². The molecule has 3 rings (SSSR count). The number of carbonyl (C=O) groups is 1. The van der Waals surface area contributed by atoms with Crippen molar-refractivity contribution in [3.8, 4) is 11.5 Å². The summed E-state index contributed by atoms with van der Waals surface area (Å²) >= 11 is 0. The molecule has 26 heavy (non-hydrogen) atoms. The Morgan fingerprint density at radius 1 is 1.00 bits per heavy atom. The van der Waals surface area contributed by atoms with E-state index in [0.717, 1.165) is 16.7 Å². The highest BCUT2D eigenvalue weighted by atomic mass is 16.5. The van der Waals surface area contributed by atoms with Gasteiger partial charge in [0.15, 0.2) is 0 Å². The van der Waals surface area contributed by atoms with Gasteiger partial charge in [-0.15, -0.1) is 0 Å². The zero-order valence-electron chi connectivity index (χ0n) is 14.6. The van der Waals surface area contributed by atoms with E-state index in [9.17, 15) is 9.59 Å². The lowest BCUT2D eigenvalue weighted by molar-refractivity contribution is -0.120. The molecule has 0 saturated carbocycles. The fourth-order valence-electron chi connectivity index (χ4n) is 2.56. The first-order valence-corrected chi connectivity index (χ1v) is 8.09. The van der Waals surface area contributed by atoms with Gasteiger partial charge < -0.3 is 19.2 Å². The van der Waals surface area contributed by atoms with Crippen LogP contribution in [0.4, 0.5) is 0 Å². The third kappa shape index (κ3) is 4.03. The molecule has 0 aliphatic carbocycles. The first-order chi connectivity index (χ1) is 12.6. The zero-order chi connectivity index (χ0) is 18.5. The molecule has 6 heteroatoms. The van der Waals surface area contributed by atoms with Gasteiger partial charge in [-0.1, -0.05) is 12.1 Å². The summed E-state index contributed by atoms with van der Waals surface area (Å²) in [6, 6.07) is 14.3. The van der Waals surface area contributed by atoms with Crippen molar-refractivity contribution in [3.05, 3.63) is 70.1 Å². The molecule has 1 aromatic heterocycles. The summed E-state index contributed by atoms with van der Waals surface area (Å²) in [7, 11) is 3.14. The maximum absolute atomic E-state index is 12.2. The summed E-state index contributed by atoms with van der Waals surface area (Å²) in [5, 5.41) is 3.54. The van der Waals surface area contributed by atoms with Gasteiger partial charge in [0.25, 0.3) is 0 Å². The molecule has 0 saturated heterocycles. The van der Waals surface area contributed by atoms with E-state index < -0.39 is 5.63 Å². The Labute approximate surface area is 150 Å². The standard InChI is InChI=1S/C20H19NO5/c1-24-16-6-3-13(4-7-16)12-21-19(22)10-15-9-14-5-8-17(25-2)11-18(14)26-20(15)23/h3-9,11H,10,12H2,1-2H3,(H,21,22). The highest BCUT2D eigenvalue weighted by Gasteiger charge is 2.11. The SMILES string of the molecule is COc1ccc(CNC(=O)Cc2cc3ccc(OC)cc3oc2=O)cc1. The molecule has 1 heterocycles. The summed E-state index contributed by atoms with van der Waals surface area (Å²) in [6.45, 7) is 0.374. The zero-order valence-corrected chi connectivity index (χ0v) is 14.6. The molecule has 0 aliphatic rings. The quantitative estimate of drug-likeness (QED) is 0.690. The topological polar surface area (TPSA) is 77.8 Å². The van der Waals surface area contributed by atoms with Crippen molar-refractivity contribution in [2.24, 2.45) is 0 Å². The fraction of sp³-hybridized carbons (Fsp3) is 0.200. The third-order valence-corrected chi connectivity index (χ3v) is 4.02. The van der Waals surface area contributed by atoms with E-state index in [1.807, 2.05) is 24.3 Å². The molecule has 134 valence electrons. The molecule has 2 aromatic carbocycles. The van der Waals surface area contributed by atoms with Crippen LogP contribution in [0, 0.1) is 0 Å². The van der Waals surface area contributed by atoms with E-state index in [2.05, 4.69) is 5.32 Å². The fourth-order valence-corrected chi connectivity index (χ4v) is 2.56. The van der Waals surface area contributed by atoms with Crippen molar-refractivity contribution in [1.82, 2.24) is 5.32 Å². The minimum absolute atomic E-state index is 0.0412. The molecule has 6 nitrogen and oxygen atoms in total. The summed E-state index contributed by atoms with van der Waals surface area (Å²) < 4.78 is 15.5. The van der Waals surface area contributed by atoms with Gasteiger partial charge in [-0.3, -0.25) is 4.79 Å². The van der Waals surface area contributed by atoms with Crippen molar-refractivity contribution in [2.45, 2.75) is 13.0 Å². The summed E-state index contributed by atoms with van der Waals surface area (Å²) in [5.41, 5.74) is 1.16. The third-order valence-electron chi connectivity index (χ3n) is 4.02. The predicted molar refractivity (Wildman–Crippen MR) is 97.6 cm³/mol. The van der Waals surface area contributed by atoms with Gasteiger partial charge in [0, 0.05) is 23.6 Å². The molecule has 0 spiro atoms. The van der Waals surface area contributed by atoms with E-state index in [1.54, 1.807) is 38.5 Å². The molecule has 1 amide bonds. The lowest BCUT2D eigenvalue weighted by atomic mass is 10.1. The normalized spacial score (nSPS) is 10.5. The molecule has 0 aliphatic heterocycles. The maximum atomic E-state index is 12.2. The molecule has 0 radical (unpaired) electrons. The Hall–Kier alpha value is -3.28. The number of carbonyl (C=O) groups excluding carboxylic acids is 1. The second-order valence-electron chi connectivity index (χ2n) is 5.76. The number of nitrogens with one attached hydrogen (secondary N) is 1. The highest BCUT2D eigenvalue weighted by molar-refractivity contribution is 5.82. The molecule has 1 N–H and O–H groups in total. The summed E-state index contributed by atoms with van der Waals surface area (Å²) in [6.07, 6.45) is -0.0412. The van der Waals surface area contributed by atoms with Crippen molar-refractivity contribution >= 4 is 16.9 Å². The van der Waals surface area contributed by atoms with Crippen LogP contribution < -0.4 is 20.4 Å². The number of methoxy groups -OCH3 is 2. The number of fused-ring (bicyclic) bond motifs is 1. The van der Waals surface area contributed by atoms with Crippen LogP contribution in [0.5, 0.6) is 11.5 Å². The number of ether oxygens (including phenoxy) is 2. The van der Waals surface area contributed by atoms with Crippen molar-refractivity contribution in [2.75, 3.05) is 14.2 Å². The van der Waals surface area contributed by atoms with Gasteiger partial charge in [-0.05, 0) is 35.9 Å². The van der Waals surface area contributed by atoms with Gasteiger partial charge in [-0.2, -0.15) is 0 Å². The largest absolute Gasteiger partial charge is 0.497 e. The minimum atomic E-state index is -0.523. The molecule has 0 atom stereocenters. The second-order valence-corrected chi connectivity index (χ2v) is 5.76. The Balaban J connectivity index is 1.68. The van der Waals surface area contributed by atoms with E-state index in [1.165, 1.54) is 0 Å². The van der Waals surface area contributed by atoms with E-state index in [4.69, 9.17) is 13.9 Å². The van der Waals surface area contributed by atoms with Crippen LogP contribution in [-0.4, -0.2) is 20.1 Å². The van der Waals surface area contributed by atoms with E-state index in [-0.39, 0.29) is 12.3 Å². The number of rotatable bonds is 6. The van der Waals surface area contributed by atoms with Crippen LogP contribution in [0.2, 0.25) is 0 Å². The van der Waals surface area contributed by atoms with Crippen LogP contribution in [0.25, 0.3) is 11.0 Å². The first-order valence-electron chi connectivity index (χ1n) is 8.09.